The van der Waals surface area contributed by atoms with Crippen molar-refractivity contribution in [1.29, 1.82) is 0 Å². The molecule has 2 fully saturated rings. The third-order valence-corrected chi connectivity index (χ3v) is 5.84. The Morgan fingerprint density at radius 2 is 1.97 bits per heavy atom. The van der Waals surface area contributed by atoms with Gasteiger partial charge in [0.15, 0.2) is 0 Å². The van der Waals surface area contributed by atoms with Crippen LogP contribution in [0.15, 0.2) is 54.7 Å². The summed E-state index contributed by atoms with van der Waals surface area (Å²) in [7, 11) is 0. The van der Waals surface area contributed by atoms with Crippen molar-refractivity contribution < 1.29 is 14.7 Å². The van der Waals surface area contributed by atoms with Gasteiger partial charge in [-0.3, -0.25) is 19.5 Å². The summed E-state index contributed by atoms with van der Waals surface area (Å²) < 4.78 is 0. The fourth-order valence-corrected chi connectivity index (χ4v) is 4.61. The summed E-state index contributed by atoms with van der Waals surface area (Å²) >= 11 is 0. The number of benzene rings is 1. The Balaban J connectivity index is 0.000000755. The molecular weight excluding hydrogens is 366 g/mol. The molecule has 0 unspecified atom stereocenters. The van der Waals surface area contributed by atoms with Crippen LogP contribution in [0.3, 0.4) is 0 Å². The number of hydrogen-bond acceptors (Lipinski definition) is 4. The summed E-state index contributed by atoms with van der Waals surface area (Å²) in [6.45, 7) is 1.60. The topological polar surface area (TPSA) is 82.5 Å². The molecule has 2 aliphatic heterocycles. The van der Waals surface area contributed by atoms with Gasteiger partial charge in [0, 0.05) is 30.5 Å². The first kappa shape index (κ1) is 21.0. The van der Waals surface area contributed by atoms with Crippen molar-refractivity contribution in [3.63, 3.8) is 0 Å². The Hall–Kier alpha value is -2.73. The van der Waals surface area contributed by atoms with Crippen LogP contribution in [-0.4, -0.2) is 46.5 Å². The molecule has 0 aliphatic carbocycles. The van der Waals surface area contributed by atoms with Gasteiger partial charge in [-0.1, -0.05) is 36.4 Å². The Kier molecular flexibility index (Phi) is 7.76. The average molecular weight is 396 g/mol. The summed E-state index contributed by atoms with van der Waals surface area (Å²) in [5, 5.41) is 10.1. The van der Waals surface area contributed by atoms with Crippen LogP contribution in [0.1, 0.15) is 43.0 Å². The average Bonchev–Trinajstić information content (AvgIpc) is 3.36. The van der Waals surface area contributed by atoms with E-state index in [0.29, 0.717) is 12.1 Å². The van der Waals surface area contributed by atoms with Crippen molar-refractivity contribution in [1.82, 2.24) is 15.2 Å². The molecule has 0 saturated carbocycles. The zero-order valence-electron chi connectivity index (χ0n) is 16.6. The lowest BCUT2D eigenvalue weighted by molar-refractivity contribution is -0.125. The number of fused-ring (bicyclic) bond motifs is 1. The number of nitrogens with zero attached hydrogens (tertiary/aromatic N) is 2. The van der Waals surface area contributed by atoms with Crippen LogP contribution in [0.2, 0.25) is 0 Å². The molecule has 2 N–H and O–H groups in total. The molecule has 3 heterocycles. The van der Waals surface area contributed by atoms with Crippen molar-refractivity contribution in [2.24, 2.45) is 5.92 Å². The van der Waals surface area contributed by atoms with Crippen molar-refractivity contribution in [2.75, 3.05) is 13.1 Å². The maximum Gasteiger partial charge on any atom is 0.290 e. The third-order valence-electron chi connectivity index (χ3n) is 5.84. The lowest BCUT2D eigenvalue weighted by Gasteiger charge is -2.24. The molecule has 0 bridgehead atoms. The molecule has 1 aromatic heterocycles. The fraction of sp³-hybridized carbons (Fsp3) is 0.435. The minimum Gasteiger partial charge on any atom is -0.483 e. The molecule has 1 amide bonds. The Labute approximate surface area is 172 Å². The van der Waals surface area contributed by atoms with Crippen molar-refractivity contribution >= 4 is 12.4 Å². The summed E-state index contributed by atoms with van der Waals surface area (Å²) in [6, 6.07) is 17.5. The van der Waals surface area contributed by atoms with E-state index in [4.69, 9.17) is 9.90 Å². The van der Waals surface area contributed by atoms with Gasteiger partial charge in [0.25, 0.3) is 6.47 Å². The van der Waals surface area contributed by atoms with Crippen LogP contribution in [0, 0.1) is 5.92 Å². The standard InChI is InChI=1S/C22H27N3O.CH2O2/c26-22(24-14-6-11-18-10-4-5-13-23-18)19-16-21(17-8-2-1-3-9-17)25-15-7-12-20(19)25;2-1-3/h1-5,8-10,13,19-21H,6-7,11-12,14-16H2,(H,24,26);1H,(H,2,3)/t19-,20+,21-;/m0./s1. The number of nitrogens with one attached hydrogen (secondary N) is 1. The first-order valence-electron chi connectivity index (χ1n) is 10.3. The molecule has 1 aromatic carbocycles. The van der Waals surface area contributed by atoms with E-state index in [9.17, 15) is 4.79 Å². The smallest absolute Gasteiger partial charge is 0.290 e. The van der Waals surface area contributed by atoms with E-state index < -0.39 is 0 Å². The highest BCUT2D eigenvalue weighted by Crippen LogP contribution is 2.44. The van der Waals surface area contributed by atoms with Crippen molar-refractivity contribution in [3.8, 4) is 0 Å². The maximum absolute atomic E-state index is 12.8. The van der Waals surface area contributed by atoms with E-state index in [2.05, 4.69) is 45.5 Å². The molecule has 29 heavy (non-hydrogen) atoms. The third kappa shape index (κ3) is 5.41. The number of rotatable bonds is 6. The largest absolute Gasteiger partial charge is 0.483 e. The molecule has 2 aromatic rings. The van der Waals surface area contributed by atoms with Gasteiger partial charge in [-0.2, -0.15) is 0 Å². The summed E-state index contributed by atoms with van der Waals surface area (Å²) in [6.07, 6.45) is 6.97. The van der Waals surface area contributed by atoms with Gasteiger partial charge >= 0.3 is 0 Å². The second-order valence-corrected chi connectivity index (χ2v) is 7.54. The van der Waals surface area contributed by atoms with E-state index >= 15 is 0 Å². The Morgan fingerprint density at radius 1 is 1.21 bits per heavy atom. The zero-order valence-corrected chi connectivity index (χ0v) is 16.6. The van der Waals surface area contributed by atoms with Crippen LogP contribution in [0.4, 0.5) is 0 Å². The number of amides is 1. The molecular formula is C23H29N3O3. The molecule has 154 valence electrons. The Morgan fingerprint density at radius 3 is 2.69 bits per heavy atom. The van der Waals surface area contributed by atoms with E-state index in [0.717, 1.165) is 44.5 Å². The van der Waals surface area contributed by atoms with Gasteiger partial charge in [0.1, 0.15) is 0 Å². The second-order valence-electron chi connectivity index (χ2n) is 7.54. The number of pyridine rings is 1. The van der Waals surface area contributed by atoms with Gasteiger partial charge < -0.3 is 10.4 Å². The molecule has 0 spiro atoms. The predicted octanol–water partition coefficient (Wildman–Crippen LogP) is 3.06. The van der Waals surface area contributed by atoms with E-state index in [1.54, 1.807) is 0 Å². The zero-order chi connectivity index (χ0) is 20.5. The van der Waals surface area contributed by atoms with Crippen LogP contribution < -0.4 is 5.32 Å². The van der Waals surface area contributed by atoms with Crippen LogP contribution >= 0.6 is 0 Å². The minimum absolute atomic E-state index is 0.123. The number of hydrogen-bond donors (Lipinski definition) is 2. The SMILES string of the molecule is O=C(NCCCc1ccccn1)[C@H]1C[C@@H](c2ccccc2)N2CCC[C@H]12.O=CO. The number of aromatic nitrogens is 1. The first-order chi connectivity index (χ1) is 14.2. The number of carboxylic acid groups (broad SMARTS) is 1. The summed E-state index contributed by atoms with van der Waals surface area (Å²) in [5.74, 6) is 0.360. The normalized spacial score (nSPS) is 23.0. The van der Waals surface area contributed by atoms with Gasteiger partial charge in [0.05, 0.1) is 5.92 Å². The van der Waals surface area contributed by atoms with Crippen molar-refractivity contribution in [3.05, 3.63) is 66.0 Å². The molecule has 6 heteroatoms. The van der Waals surface area contributed by atoms with E-state index in [1.165, 1.54) is 12.0 Å². The van der Waals surface area contributed by atoms with Crippen LogP contribution in [-0.2, 0) is 16.0 Å². The van der Waals surface area contributed by atoms with E-state index in [-0.39, 0.29) is 18.3 Å². The highest BCUT2D eigenvalue weighted by Gasteiger charge is 2.46. The van der Waals surface area contributed by atoms with Gasteiger partial charge in [-0.15, -0.1) is 0 Å². The highest BCUT2D eigenvalue weighted by molar-refractivity contribution is 5.80. The van der Waals surface area contributed by atoms with E-state index in [1.807, 2.05) is 24.4 Å². The maximum atomic E-state index is 12.8. The van der Waals surface area contributed by atoms with Gasteiger partial charge in [-0.05, 0) is 56.3 Å². The molecule has 2 saturated heterocycles. The molecule has 3 atom stereocenters. The van der Waals surface area contributed by atoms with Crippen LogP contribution in [0.25, 0.3) is 0 Å². The minimum atomic E-state index is -0.250. The first-order valence-corrected chi connectivity index (χ1v) is 10.3. The number of carbonyl (C=O) groups excluding carboxylic acids is 1. The fourth-order valence-electron chi connectivity index (χ4n) is 4.61. The van der Waals surface area contributed by atoms with Crippen molar-refractivity contribution in [2.45, 2.75) is 44.2 Å². The molecule has 4 rings (SSSR count). The predicted molar refractivity (Wildman–Crippen MR) is 111 cm³/mol. The number of aryl methyl sites for hydroxylation is 1. The van der Waals surface area contributed by atoms with Crippen LogP contribution in [0.5, 0.6) is 0 Å². The van der Waals surface area contributed by atoms with Gasteiger partial charge in [-0.25, -0.2) is 0 Å². The second kappa shape index (κ2) is 10.7. The summed E-state index contributed by atoms with van der Waals surface area (Å²) in [5.41, 5.74) is 2.44. The van der Waals surface area contributed by atoms with Gasteiger partial charge in [0.2, 0.25) is 5.91 Å². The molecule has 2 aliphatic rings. The lowest BCUT2D eigenvalue weighted by Crippen LogP contribution is -2.37. The monoisotopic (exact) mass is 395 g/mol. The quantitative estimate of drug-likeness (QED) is 0.580. The lowest BCUT2D eigenvalue weighted by atomic mass is 9.93. The molecule has 6 nitrogen and oxygen atoms in total. The Bertz CT molecular complexity index is 769. The summed E-state index contributed by atoms with van der Waals surface area (Å²) in [4.78, 5) is 28.1. The molecule has 0 radical (unpaired) electrons. The number of carbonyl (C=O) groups is 2. The highest BCUT2D eigenvalue weighted by atomic mass is 16.3.